The molecule has 96 valence electrons. The molecule has 0 saturated heterocycles. The van der Waals surface area contributed by atoms with E-state index in [1.165, 1.54) is 6.20 Å². The van der Waals surface area contributed by atoms with E-state index in [0.717, 1.165) is 0 Å². The Morgan fingerprint density at radius 3 is 3.10 bits per heavy atom. The van der Waals surface area contributed by atoms with Crippen molar-refractivity contribution < 1.29 is 4.79 Å². The van der Waals surface area contributed by atoms with Gasteiger partial charge in [-0.1, -0.05) is 12.0 Å². The Balaban J connectivity index is 1.91. The summed E-state index contributed by atoms with van der Waals surface area (Å²) in [6.45, 7) is 0. The van der Waals surface area contributed by atoms with E-state index >= 15 is 0 Å². The maximum atomic E-state index is 12.2. The number of carbonyl (C=O) groups excluding carboxylic acids is 1. The van der Waals surface area contributed by atoms with Crippen LogP contribution in [0.3, 0.4) is 0 Å². The van der Waals surface area contributed by atoms with Crippen LogP contribution in [0.1, 0.15) is 15.9 Å². The van der Waals surface area contributed by atoms with E-state index in [-0.39, 0.29) is 5.91 Å². The van der Waals surface area contributed by atoms with E-state index in [1.807, 2.05) is 0 Å². The standard InChI is InChI=1S/C15H10N4O/c1-2-11-4-3-5-12(8-11)18-15(20)13-9-17-19-7-6-16-10-14(13)19/h1,3-10H,(H,18,20). The number of terminal acetylenes is 1. The summed E-state index contributed by atoms with van der Waals surface area (Å²) in [7, 11) is 0. The monoisotopic (exact) mass is 262 g/mol. The number of fused-ring (bicyclic) bond motifs is 1. The van der Waals surface area contributed by atoms with Crippen LogP contribution in [-0.4, -0.2) is 20.5 Å². The molecule has 0 aliphatic rings. The van der Waals surface area contributed by atoms with Gasteiger partial charge in [-0.2, -0.15) is 5.10 Å². The Kier molecular flexibility index (Phi) is 2.90. The predicted octanol–water partition coefficient (Wildman–Crippen LogP) is 1.96. The SMILES string of the molecule is C#Cc1cccc(NC(=O)c2cnn3ccncc23)c1. The molecular weight excluding hydrogens is 252 g/mol. The van der Waals surface area contributed by atoms with E-state index in [9.17, 15) is 4.79 Å². The van der Waals surface area contributed by atoms with Crippen LogP contribution >= 0.6 is 0 Å². The van der Waals surface area contributed by atoms with Crippen molar-refractivity contribution in [2.45, 2.75) is 0 Å². The summed E-state index contributed by atoms with van der Waals surface area (Å²) in [5, 5.41) is 6.89. The van der Waals surface area contributed by atoms with Gasteiger partial charge < -0.3 is 5.32 Å². The number of aromatic nitrogens is 3. The van der Waals surface area contributed by atoms with Crippen molar-refractivity contribution in [1.82, 2.24) is 14.6 Å². The molecule has 1 aromatic carbocycles. The number of anilines is 1. The molecule has 0 saturated carbocycles. The smallest absolute Gasteiger partial charge is 0.259 e. The third-order valence-corrected chi connectivity index (χ3v) is 2.86. The van der Waals surface area contributed by atoms with Gasteiger partial charge in [-0.05, 0) is 18.2 Å². The van der Waals surface area contributed by atoms with Crippen LogP contribution in [0.5, 0.6) is 0 Å². The Bertz CT molecular complexity index is 829. The highest BCUT2D eigenvalue weighted by Crippen LogP contribution is 2.14. The molecule has 0 bridgehead atoms. The van der Waals surface area contributed by atoms with Crippen molar-refractivity contribution in [3.05, 3.63) is 60.2 Å². The van der Waals surface area contributed by atoms with Gasteiger partial charge in [-0.25, -0.2) is 4.52 Å². The summed E-state index contributed by atoms with van der Waals surface area (Å²) < 4.78 is 1.60. The van der Waals surface area contributed by atoms with Crippen molar-refractivity contribution in [3.8, 4) is 12.3 Å². The molecule has 2 aromatic heterocycles. The molecule has 1 amide bonds. The zero-order chi connectivity index (χ0) is 13.9. The minimum absolute atomic E-state index is 0.248. The highest BCUT2D eigenvalue weighted by Gasteiger charge is 2.12. The van der Waals surface area contributed by atoms with Crippen molar-refractivity contribution in [2.75, 3.05) is 5.32 Å². The third kappa shape index (κ3) is 2.10. The molecular formula is C15H10N4O. The molecule has 0 unspecified atom stereocenters. The summed E-state index contributed by atoms with van der Waals surface area (Å²) in [4.78, 5) is 16.2. The number of amides is 1. The molecule has 2 heterocycles. The molecule has 20 heavy (non-hydrogen) atoms. The lowest BCUT2D eigenvalue weighted by atomic mass is 10.2. The fourth-order valence-corrected chi connectivity index (χ4v) is 1.89. The number of benzene rings is 1. The number of hydrogen-bond acceptors (Lipinski definition) is 3. The molecule has 1 N–H and O–H groups in total. The summed E-state index contributed by atoms with van der Waals surface area (Å²) in [6, 6.07) is 7.11. The van der Waals surface area contributed by atoms with Crippen molar-refractivity contribution >= 4 is 17.1 Å². The minimum Gasteiger partial charge on any atom is -0.322 e. The summed E-state index contributed by atoms with van der Waals surface area (Å²) in [6.07, 6.45) is 11.7. The van der Waals surface area contributed by atoms with Gasteiger partial charge in [0.15, 0.2) is 0 Å². The fourth-order valence-electron chi connectivity index (χ4n) is 1.89. The van der Waals surface area contributed by atoms with E-state index in [4.69, 9.17) is 6.42 Å². The maximum absolute atomic E-state index is 12.2. The first-order valence-corrected chi connectivity index (χ1v) is 5.93. The summed E-state index contributed by atoms with van der Waals surface area (Å²) in [5.74, 6) is 2.28. The van der Waals surface area contributed by atoms with E-state index < -0.39 is 0 Å². The molecule has 3 rings (SSSR count). The lowest BCUT2D eigenvalue weighted by Gasteiger charge is -2.04. The molecule has 0 spiro atoms. The first kappa shape index (κ1) is 11.9. The Morgan fingerprint density at radius 2 is 2.25 bits per heavy atom. The minimum atomic E-state index is -0.248. The Morgan fingerprint density at radius 1 is 1.35 bits per heavy atom. The van der Waals surface area contributed by atoms with Crippen LogP contribution in [0, 0.1) is 12.3 Å². The Labute approximate surface area is 115 Å². The van der Waals surface area contributed by atoms with Crippen molar-refractivity contribution in [2.24, 2.45) is 0 Å². The van der Waals surface area contributed by atoms with E-state index in [2.05, 4.69) is 21.3 Å². The second kappa shape index (κ2) is 4.86. The molecule has 0 aliphatic carbocycles. The van der Waals surface area contributed by atoms with Gasteiger partial charge in [0.1, 0.15) is 0 Å². The van der Waals surface area contributed by atoms with Gasteiger partial charge in [0.05, 0.1) is 23.5 Å². The average Bonchev–Trinajstić information content (AvgIpc) is 2.91. The molecule has 5 nitrogen and oxygen atoms in total. The van der Waals surface area contributed by atoms with Gasteiger partial charge in [0.25, 0.3) is 5.91 Å². The normalized spacial score (nSPS) is 10.2. The fraction of sp³-hybridized carbons (Fsp3) is 0. The largest absolute Gasteiger partial charge is 0.322 e. The molecule has 0 aliphatic heterocycles. The number of nitrogens with one attached hydrogen (secondary N) is 1. The van der Waals surface area contributed by atoms with Gasteiger partial charge in [0, 0.05) is 23.6 Å². The van der Waals surface area contributed by atoms with Gasteiger partial charge in [-0.15, -0.1) is 6.42 Å². The number of hydrogen-bond donors (Lipinski definition) is 1. The zero-order valence-electron chi connectivity index (χ0n) is 10.4. The maximum Gasteiger partial charge on any atom is 0.259 e. The predicted molar refractivity (Wildman–Crippen MR) is 75.3 cm³/mol. The first-order valence-electron chi connectivity index (χ1n) is 5.93. The van der Waals surface area contributed by atoms with Gasteiger partial charge >= 0.3 is 0 Å². The van der Waals surface area contributed by atoms with Gasteiger partial charge in [-0.3, -0.25) is 9.78 Å². The van der Waals surface area contributed by atoms with E-state index in [0.29, 0.717) is 22.3 Å². The highest BCUT2D eigenvalue weighted by molar-refractivity contribution is 6.08. The van der Waals surface area contributed by atoms with Crippen LogP contribution in [0.4, 0.5) is 5.69 Å². The first-order chi connectivity index (χ1) is 9.78. The lowest BCUT2D eigenvalue weighted by Crippen LogP contribution is -2.11. The van der Waals surface area contributed by atoms with Crippen molar-refractivity contribution in [3.63, 3.8) is 0 Å². The lowest BCUT2D eigenvalue weighted by molar-refractivity contribution is 0.102. The van der Waals surface area contributed by atoms with Crippen LogP contribution in [0.25, 0.3) is 5.52 Å². The molecule has 0 fully saturated rings. The second-order valence-corrected chi connectivity index (χ2v) is 4.14. The molecule has 0 radical (unpaired) electrons. The number of rotatable bonds is 2. The molecule has 5 heteroatoms. The summed E-state index contributed by atoms with van der Waals surface area (Å²) in [5.41, 5.74) is 2.47. The quantitative estimate of drug-likeness (QED) is 0.718. The van der Waals surface area contributed by atoms with E-state index in [1.54, 1.807) is 47.4 Å². The van der Waals surface area contributed by atoms with Crippen LogP contribution in [0.2, 0.25) is 0 Å². The number of carbonyl (C=O) groups is 1. The summed E-state index contributed by atoms with van der Waals surface area (Å²) >= 11 is 0. The van der Waals surface area contributed by atoms with Crippen LogP contribution in [-0.2, 0) is 0 Å². The molecule has 0 atom stereocenters. The number of nitrogens with zero attached hydrogens (tertiary/aromatic N) is 3. The van der Waals surface area contributed by atoms with Crippen molar-refractivity contribution in [1.29, 1.82) is 0 Å². The molecule has 3 aromatic rings. The topological polar surface area (TPSA) is 59.3 Å². The van der Waals surface area contributed by atoms with Gasteiger partial charge in [0.2, 0.25) is 0 Å². The van der Waals surface area contributed by atoms with Crippen LogP contribution < -0.4 is 5.32 Å². The second-order valence-electron chi connectivity index (χ2n) is 4.14. The zero-order valence-corrected chi connectivity index (χ0v) is 10.4. The Hall–Kier alpha value is -3.13. The highest BCUT2D eigenvalue weighted by atomic mass is 16.1. The average molecular weight is 262 g/mol. The van der Waals surface area contributed by atoms with Crippen LogP contribution in [0.15, 0.2) is 49.1 Å². The third-order valence-electron chi connectivity index (χ3n) is 2.86.